The topological polar surface area (TPSA) is 96.8 Å². The number of rotatable bonds is 7. The first-order chi connectivity index (χ1) is 17.6. The molecule has 2 aliphatic carbocycles. The summed E-state index contributed by atoms with van der Waals surface area (Å²) in [5.41, 5.74) is 2.84. The van der Waals surface area contributed by atoms with Crippen LogP contribution < -0.4 is 16.0 Å². The molecule has 2 aliphatic rings. The summed E-state index contributed by atoms with van der Waals surface area (Å²) in [6.07, 6.45) is 11.0. The van der Waals surface area contributed by atoms with E-state index in [1.807, 2.05) is 29.8 Å². The average Bonchev–Trinajstić information content (AvgIpc) is 3.26. The third-order valence-corrected chi connectivity index (χ3v) is 7.63. The van der Waals surface area contributed by atoms with E-state index in [9.17, 15) is 4.79 Å². The van der Waals surface area contributed by atoms with E-state index in [-0.39, 0.29) is 12.1 Å². The molecule has 0 radical (unpaired) electrons. The number of benzene rings is 1. The van der Waals surface area contributed by atoms with E-state index < -0.39 is 0 Å². The summed E-state index contributed by atoms with van der Waals surface area (Å²) in [7, 11) is 0. The van der Waals surface area contributed by atoms with Gasteiger partial charge in [0.15, 0.2) is 5.65 Å². The highest BCUT2D eigenvalue weighted by molar-refractivity contribution is 5.90. The SMILES string of the molecule is CCCNC(=O)NC1CCC(Nc2nc(C3CCCCC3)nc3c2c(C)nn3-c2ccccc2)CC1. The Morgan fingerprint density at radius 3 is 2.42 bits per heavy atom. The number of amides is 2. The lowest BCUT2D eigenvalue weighted by Crippen LogP contribution is -2.45. The highest BCUT2D eigenvalue weighted by Gasteiger charge is 2.27. The van der Waals surface area contributed by atoms with Gasteiger partial charge in [-0.05, 0) is 64.0 Å². The van der Waals surface area contributed by atoms with E-state index in [2.05, 4.69) is 35.0 Å². The molecule has 192 valence electrons. The van der Waals surface area contributed by atoms with Gasteiger partial charge in [-0.3, -0.25) is 0 Å². The average molecular weight is 490 g/mol. The summed E-state index contributed by atoms with van der Waals surface area (Å²) < 4.78 is 1.97. The Kier molecular flexibility index (Phi) is 7.68. The lowest BCUT2D eigenvalue weighted by Gasteiger charge is -2.30. The zero-order valence-corrected chi connectivity index (χ0v) is 21.6. The van der Waals surface area contributed by atoms with E-state index in [0.717, 1.165) is 79.0 Å². The van der Waals surface area contributed by atoms with Gasteiger partial charge < -0.3 is 16.0 Å². The van der Waals surface area contributed by atoms with Crippen LogP contribution in [0.15, 0.2) is 30.3 Å². The number of aryl methyl sites for hydroxylation is 1. The summed E-state index contributed by atoms with van der Waals surface area (Å²) in [6, 6.07) is 10.7. The zero-order valence-electron chi connectivity index (χ0n) is 21.6. The maximum Gasteiger partial charge on any atom is 0.315 e. The fraction of sp³-hybridized carbons (Fsp3) is 0.571. The van der Waals surface area contributed by atoms with Crippen molar-refractivity contribution in [2.75, 3.05) is 11.9 Å². The Balaban J connectivity index is 1.39. The van der Waals surface area contributed by atoms with Crippen LogP contribution in [0, 0.1) is 6.92 Å². The molecular weight excluding hydrogens is 450 g/mol. The molecule has 2 heterocycles. The van der Waals surface area contributed by atoms with E-state index in [4.69, 9.17) is 15.1 Å². The van der Waals surface area contributed by atoms with Crippen molar-refractivity contribution in [1.29, 1.82) is 0 Å². The molecule has 2 saturated carbocycles. The molecule has 3 aromatic rings. The van der Waals surface area contributed by atoms with Crippen LogP contribution in [0.1, 0.15) is 88.6 Å². The quantitative estimate of drug-likeness (QED) is 0.401. The van der Waals surface area contributed by atoms with E-state index in [0.29, 0.717) is 18.5 Å². The summed E-state index contributed by atoms with van der Waals surface area (Å²) in [6.45, 7) is 4.82. The third-order valence-electron chi connectivity index (χ3n) is 7.63. The smallest absolute Gasteiger partial charge is 0.315 e. The van der Waals surface area contributed by atoms with Gasteiger partial charge in [-0.2, -0.15) is 5.10 Å². The van der Waals surface area contributed by atoms with Crippen LogP contribution in [0.25, 0.3) is 16.7 Å². The zero-order chi connectivity index (χ0) is 24.9. The van der Waals surface area contributed by atoms with Gasteiger partial charge in [-0.1, -0.05) is 44.4 Å². The predicted molar refractivity (Wildman–Crippen MR) is 144 cm³/mol. The van der Waals surface area contributed by atoms with Gasteiger partial charge in [0.2, 0.25) is 0 Å². The van der Waals surface area contributed by atoms with Crippen molar-refractivity contribution in [3.63, 3.8) is 0 Å². The third kappa shape index (κ3) is 5.47. The number of aromatic nitrogens is 4. The Hall–Kier alpha value is -3.16. The lowest BCUT2D eigenvalue weighted by molar-refractivity contribution is 0.232. The number of para-hydroxylation sites is 1. The van der Waals surface area contributed by atoms with Crippen molar-refractivity contribution in [1.82, 2.24) is 30.4 Å². The Labute approximate surface area is 213 Å². The molecule has 5 rings (SSSR count). The van der Waals surface area contributed by atoms with Crippen LogP contribution in [0.2, 0.25) is 0 Å². The molecule has 0 unspecified atom stereocenters. The standard InChI is InChI=1S/C28H39N7O/c1-3-18-29-28(36)31-22-16-14-21(15-17-22)30-26-24-19(2)34-35(23-12-8-5-9-13-23)27(24)33-25(32-26)20-10-6-4-7-11-20/h5,8-9,12-13,20-22H,3-4,6-7,10-11,14-18H2,1-2H3,(H2,29,31,36)(H,30,32,33). The lowest BCUT2D eigenvalue weighted by atomic mass is 9.88. The minimum Gasteiger partial charge on any atom is -0.367 e. The number of hydrogen-bond acceptors (Lipinski definition) is 5. The fourth-order valence-corrected chi connectivity index (χ4v) is 5.65. The second-order valence-corrected chi connectivity index (χ2v) is 10.4. The van der Waals surface area contributed by atoms with E-state index in [1.54, 1.807) is 0 Å². The van der Waals surface area contributed by atoms with Crippen LogP contribution in [0.3, 0.4) is 0 Å². The maximum atomic E-state index is 12.1. The molecule has 0 spiro atoms. The number of nitrogens with one attached hydrogen (secondary N) is 3. The molecule has 2 amide bonds. The van der Waals surface area contributed by atoms with Gasteiger partial charge in [0.1, 0.15) is 11.6 Å². The highest BCUT2D eigenvalue weighted by Crippen LogP contribution is 2.35. The van der Waals surface area contributed by atoms with Gasteiger partial charge in [0.05, 0.1) is 16.8 Å². The van der Waals surface area contributed by atoms with Gasteiger partial charge in [0, 0.05) is 24.5 Å². The number of fused-ring (bicyclic) bond motifs is 1. The van der Waals surface area contributed by atoms with E-state index in [1.165, 1.54) is 19.3 Å². The fourth-order valence-electron chi connectivity index (χ4n) is 5.65. The van der Waals surface area contributed by atoms with Crippen molar-refractivity contribution in [2.45, 2.75) is 96.1 Å². The monoisotopic (exact) mass is 489 g/mol. The number of nitrogens with zero attached hydrogens (tertiary/aromatic N) is 4. The van der Waals surface area contributed by atoms with Crippen LogP contribution in [-0.2, 0) is 0 Å². The number of hydrogen-bond donors (Lipinski definition) is 3. The Morgan fingerprint density at radius 1 is 0.972 bits per heavy atom. The minimum atomic E-state index is -0.0492. The number of carbonyl (C=O) groups excluding carboxylic acids is 1. The molecule has 0 atom stereocenters. The molecule has 0 bridgehead atoms. The summed E-state index contributed by atoms with van der Waals surface area (Å²) in [5, 5.41) is 15.7. The van der Waals surface area contributed by atoms with Crippen LogP contribution in [0.4, 0.5) is 10.6 Å². The van der Waals surface area contributed by atoms with Gasteiger partial charge in [0.25, 0.3) is 0 Å². The first kappa shape index (κ1) is 24.5. The second kappa shape index (κ2) is 11.3. The molecule has 0 saturated heterocycles. The molecule has 2 fully saturated rings. The molecule has 2 aromatic heterocycles. The van der Waals surface area contributed by atoms with Crippen molar-refractivity contribution < 1.29 is 4.79 Å². The second-order valence-electron chi connectivity index (χ2n) is 10.4. The predicted octanol–water partition coefficient (Wildman–Crippen LogP) is 5.60. The van der Waals surface area contributed by atoms with Crippen molar-refractivity contribution >= 4 is 22.9 Å². The molecule has 8 nitrogen and oxygen atoms in total. The van der Waals surface area contributed by atoms with Crippen LogP contribution in [0.5, 0.6) is 0 Å². The van der Waals surface area contributed by atoms with Gasteiger partial charge in [-0.25, -0.2) is 19.4 Å². The largest absolute Gasteiger partial charge is 0.367 e. The molecule has 8 heteroatoms. The molecule has 1 aromatic carbocycles. The van der Waals surface area contributed by atoms with Crippen LogP contribution in [-0.4, -0.2) is 44.4 Å². The highest BCUT2D eigenvalue weighted by atomic mass is 16.2. The number of anilines is 1. The first-order valence-electron chi connectivity index (χ1n) is 13.8. The Bertz CT molecular complexity index is 1160. The van der Waals surface area contributed by atoms with E-state index >= 15 is 0 Å². The molecule has 0 aliphatic heterocycles. The van der Waals surface area contributed by atoms with Gasteiger partial charge in [-0.15, -0.1) is 0 Å². The van der Waals surface area contributed by atoms with Crippen molar-refractivity contribution in [3.05, 3.63) is 41.9 Å². The molecule has 36 heavy (non-hydrogen) atoms. The molecule has 3 N–H and O–H groups in total. The molecular formula is C28H39N7O. The van der Waals surface area contributed by atoms with Crippen molar-refractivity contribution in [3.8, 4) is 5.69 Å². The minimum absolute atomic E-state index is 0.0492. The summed E-state index contributed by atoms with van der Waals surface area (Å²) in [4.78, 5) is 22.3. The first-order valence-corrected chi connectivity index (χ1v) is 13.8. The van der Waals surface area contributed by atoms with Crippen LogP contribution >= 0.6 is 0 Å². The summed E-state index contributed by atoms with van der Waals surface area (Å²) in [5.74, 6) is 2.27. The summed E-state index contributed by atoms with van der Waals surface area (Å²) >= 11 is 0. The normalized spacial score (nSPS) is 20.8. The number of carbonyl (C=O) groups is 1. The van der Waals surface area contributed by atoms with Crippen molar-refractivity contribution in [2.24, 2.45) is 0 Å². The van der Waals surface area contributed by atoms with Gasteiger partial charge >= 0.3 is 6.03 Å². The maximum absolute atomic E-state index is 12.1. The Morgan fingerprint density at radius 2 is 1.69 bits per heavy atom. The number of urea groups is 1.